The van der Waals surface area contributed by atoms with Gasteiger partial charge in [-0.25, -0.2) is 0 Å². The van der Waals surface area contributed by atoms with Crippen molar-refractivity contribution in [2.24, 2.45) is 11.8 Å². The van der Waals surface area contributed by atoms with Crippen molar-refractivity contribution in [2.45, 2.75) is 31.2 Å². The summed E-state index contributed by atoms with van der Waals surface area (Å²) < 4.78 is 0. The van der Waals surface area contributed by atoms with Gasteiger partial charge in [-0.15, -0.1) is 0 Å². The van der Waals surface area contributed by atoms with Crippen molar-refractivity contribution in [3.63, 3.8) is 0 Å². The Bertz CT molecular complexity index is 1270. The Morgan fingerprint density at radius 3 is 1.78 bits per heavy atom. The fourth-order valence-corrected chi connectivity index (χ4v) is 7.00. The highest BCUT2D eigenvalue weighted by Gasteiger charge is 2.62. The normalized spacial score (nSPS) is 24.2. The molecule has 0 saturated carbocycles. The van der Waals surface area contributed by atoms with E-state index in [0.717, 1.165) is 27.8 Å². The average molecular weight is 497 g/mol. The maximum Gasteiger partial charge on any atom is 0.247 e. The molecule has 1 fully saturated rings. The van der Waals surface area contributed by atoms with Gasteiger partial charge in [-0.3, -0.25) is 19.3 Å². The van der Waals surface area contributed by atoms with Gasteiger partial charge in [0.15, 0.2) is 0 Å². The number of para-hydroxylation sites is 1. The summed E-state index contributed by atoms with van der Waals surface area (Å²) in [6, 6.07) is 23.1. The van der Waals surface area contributed by atoms with E-state index in [9.17, 15) is 14.4 Å². The van der Waals surface area contributed by atoms with Crippen LogP contribution in [0.1, 0.15) is 46.1 Å². The molecule has 0 radical (unpaired) electrons. The number of imide groups is 1. The number of aryl methyl sites for hydroxylation is 1. The van der Waals surface area contributed by atoms with E-state index in [1.54, 1.807) is 11.8 Å². The highest BCUT2D eigenvalue weighted by molar-refractivity contribution is 7.98. The van der Waals surface area contributed by atoms with Gasteiger partial charge in [0.1, 0.15) is 6.04 Å². The van der Waals surface area contributed by atoms with Crippen LogP contribution in [0.4, 0.5) is 5.69 Å². The minimum absolute atomic E-state index is 0.172. The molecular formula is C30H28N2O3S. The van der Waals surface area contributed by atoms with Crippen molar-refractivity contribution in [3.8, 4) is 0 Å². The number of carbonyl (C=O) groups excluding carboxylic acids is 3. The fourth-order valence-electron chi connectivity index (χ4n) is 6.54. The zero-order valence-electron chi connectivity index (χ0n) is 20.3. The number of carbonyl (C=O) groups is 3. The van der Waals surface area contributed by atoms with E-state index in [1.807, 2.05) is 61.7 Å². The predicted molar refractivity (Wildman–Crippen MR) is 142 cm³/mol. The highest BCUT2D eigenvalue weighted by atomic mass is 32.2. The SMILES string of the molecule is CSCC[C@@H](C(=O)Nc1ccccc1C)N1C(=O)[C@H]2C3c4ccccc4C(c4ccccc43)[C@@H]2C1=O. The summed E-state index contributed by atoms with van der Waals surface area (Å²) >= 11 is 1.61. The molecule has 2 bridgehead atoms. The van der Waals surface area contributed by atoms with Crippen LogP contribution in [0.15, 0.2) is 72.8 Å². The molecule has 6 heteroatoms. The number of rotatable bonds is 6. The number of thioether (sulfide) groups is 1. The van der Waals surface area contributed by atoms with Crippen LogP contribution in [-0.2, 0) is 14.4 Å². The Balaban J connectivity index is 1.41. The second-order valence-electron chi connectivity index (χ2n) is 9.91. The third-order valence-corrected chi connectivity index (χ3v) is 8.74. The maximum absolute atomic E-state index is 14.1. The van der Waals surface area contributed by atoms with Crippen molar-refractivity contribution >= 4 is 35.2 Å². The number of benzene rings is 3. The van der Waals surface area contributed by atoms with Gasteiger partial charge in [0, 0.05) is 17.5 Å². The number of anilines is 1. The lowest BCUT2D eigenvalue weighted by atomic mass is 9.55. The number of amides is 3. The fraction of sp³-hybridized carbons (Fsp3) is 0.300. The second-order valence-corrected chi connectivity index (χ2v) is 10.9. The van der Waals surface area contributed by atoms with Crippen molar-refractivity contribution < 1.29 is 14.4 Å². The molecule has 0 spiro atoms. The largest absolute Gasteiger partial charge is 0.324 e. The molecule has 7 rings (SSSR count). The van der Waals surface area contributed by atoms with E-state index in [2.05, 4.69) is 29.6 Å². The highest BCUT2D eigenvalue weighted by Crippen LogP contribution is 2.61. The third kappa shape index (κ3) is 3.34. The smallest absolute Gasteiger partial charge is 0.247 e. The molecule has 3 atom stereocenters. The molecule has 182 valence electrons. The first-order valence-electron chi connectivity index (χ1n) is 12.4. The number of hydrogen-bond donors (Lipinski definition) is 1. The second kappa shape index (κ2) is 8.93. The van der Waals surface area contributed by atoms with E-state index in [0.29, 0.717) is 17.9 Å². The molecule has 1 heterocycles. The topological polar surface area (TPSA) is 66.5 Å². The Morgan fingerprint density at radius 1 is 0.833 bits per heavy atom. The van der Waals surface area contributed by atoms with E-state index in [4.69, 9.17) is 0 Å². The summed E-state index contributed by atoms with van der Waals surface area (Å²) in [6.45, 7) is 1.93. The standard InChI is InChI=1S/C30H28N2O3S/c1-17-9-3-8-14-22(17)31-28(33)23(15-16-36-2)32-29(34)26-24-18-10-4-5-11-19(18)25(27(26)30(32)35)21-13-7-6-12-20(21)24/h3-14,23-27H,15-16H2,1-2H3,(H,31,33)/t23-,24?,25?,26-,27-/m0/s1. The first-order valence-corrected chi connectivity index (χ1v) is 13.8. The number of nitrogens with one attached hydrogen (secondary N) is 1. The zero-order valence-corrected chi connectivity index (χ0v) is 21.1. The Kier molecular flexibility index (Phi) is 5.72. The Morgan fingerprint density at radius 2 is 1.31 bits per heavy atom. The minimum atomic E-state index is -0.840. The van der Waals surface area contributed by atoms with Crippen LogP contribution in [0.25, 0.3) is 0 Å². The van der Waals surface area contributed by atoms with Gasteiger partial charge >= 0.3 is 0 Å². The molecular weight excluding hydrogens is 468 g/mol. The van der Waals surface area contributed by atoms with Crippen LogP contribution in [-0.4, -0.2) is 40.7 Å². The summed E-state index contributed by atoms with van der Waals surface area (Å²) in [4.78, 5) is 43.1. The zero-order chi connectivity index (χ0) is 25.0. The molecule has 3 aromatic carbocycles. The maximum atomic E-state index is 14.1. The summed E-state index contributed by atoms with van der Waals surface area (Å²) in [5, 5.41) is 3.00. The van der Waals surface area contributed by atoms with Crippen molar-refractivity contribution in [3.05, 3.63) is 101 Å². The molecule has 1 saturated heterocycles. The molecule has 3 amide bonds. The van der Waals surface area contributed by atoms with Gasteiger partial charge in [-0.1, -0.05) is 66.7 Å². The van der Waals surface area contributed by atoms with Crippen LogP contribution in [0, 0.1) is 18.8 Å². The van der Waals surface area contributed by atoms with E-state index >= 15 is 0 Å². The molecule has 3 aromatic rings. The molecule has 3 aliphatic carbocycles. The lowest BCUT2D eigenvalue weighted by Crippen LogP contribution is -2.48. The molecule has 1 aliphatic heterocycles. The van der Waals surface area contributed by atoms with E-state index in [-0.39, 0.29) is 29.6 Å². The van der Waals surface area contributed by atoms with Crippen molar-refractivity contribution in [1.29, 1.82) is 0 Å². The van der Waals surface area contributed by atoms with Gasteiger partial charge in [0.05, 0.1) is 11.8 Å². The monoisotopic (exact) mass is 496 g/mol. The molecule has 5 nitrogen and oxygen atoms in total. The van der Waals surface area contributed by atoms with E-state index < -0.39 is 17.9 Å². The lowest BCUT2D eigenvalue weighted by Gasteiger charge is -2.45. The molecule has 36 heavy (non-hydrogen) atoms. The van der Waals surface area contributed by atoms with Crippen LogP contribution >= 0.6 is 11.8 Å². The third-order valence-electron chi connectivity index (χ3n) is 8.10. The van der Waals surface area contributed by atoms with E-state index in [1.165, 1.54) is 4.90 Å². The Labute approximate surface area is 215 Å². The van der Waals surface area contributed by atoms with Gasteiger partial charge in [0.25, 0.3) is 0 Å². The number of nitrogens with zero attached hydrogens (tertiary/aromatic N) is 1. The van der Waals surface area contributed by atoms with Crippen molar-refractivity contribution in [1.82, 2.24) is 4.90 Å². The molecule has 1 N–H and O–H groups in total. The van der Waals surface area contributed by atoms with Crippen LogP contribution in [0.2, 0.25) is 0 Å². The summed E-state index contributed by atoms with van der Waals surface area (Å²) in [6.07, 6.45) is 2.39. The van der Waals surface area contributed by atoms with Gasteiger partial charge in [-0.05, 0) is 59.2 Å². The quantitative estimate of drug-likeness (QED) is 0.491. The van der Waals surface area contributed by atoms with Gasteiger partial charge in [-0.2, -0.15) is 11.8 Å². The van der Waals surface area contributed by atoms with Crippen LogP contribution in [0.3, 0.4) is 0 Å². The minimum Gasteiger partial charge on any atom is -0.324 e. The average Bonchev–Trinajstić information content (AvgIpc) is 3.16. The first kappa shape index (κ1) is 23.0. The van der Waals surface area contributed by atoms with Crippen LogP contribution in [0.5, 0.6) is 0 Å². The summed E-state index contributed by atoms with van der Waals surface area (Å²) in [7, 11) is 0. The van der Waals surface area contributed by atoms with Gasteiger partial charge in [0.2, 0.25) is 17.7 Å². The number of likely N-dealkylation sites (tertiary alicyclic amines) is 1. The molecule has 4 aliphatic rings. The van der Waals surface area contributed by atoms with Gasteiger partial charge < -0.3 is 5.32 Å². The molecule has 0 aromatic heterocycles. The molecule has 0 unspecified atom stereocenters. The first-order chi connectivity index (χ1) is 17.5. The predicted octanol–water partition coefficient (Wildman–Crippen LogP) is 4.95. The summed E-state index contributed by atoms with van der Waals surface area (Å²) in [5.41, 5.74) is 6.18. The summed E-state index contributed by atoms with van der Waals surface area (Å²) in [5.74, 6) is -1.35. The van der Waals surface area contributed by atoms with Crippen LogP contribution < -0.4 is 5.32 Å². The Hall–Kier alpha value is -3.38. The lowest BCUT2D eigenvalue weighted by molar-refractivity contribution is -0.146. The van der Waals surface area contributed by atoms with Crippen molar-refractivity contribution in [2.75, 3.05) is 17.3 Å². The number of hydrogen-bond acceptors (Lipinski definition) is 4.